The molecule has 1 aromatic heterocycles. The molecule has 17 heavy (non-hydrogen) atoms. The van der Waals surface area contributed by atoms with Crippen molar-refractivity contribution in [3.8, 4) is 11.3 Å². The summed E-state index contributed by atoms with van der Waals surface area (Å²) in [5.41, 5.74) is -0.317. The molecule has 0 N–H and O–H groups in total. The third-order valence-electron chi connectivity index (χ3n) is 2.30. The Bertz CT molecular complexity index is 543. The Morgan fingerprint density at radius 2 is 1.82 bits per heavy atom. The van der Waals surface area contributed by atoms with Gasteiger partial charge in [-0.3, -0.25) is 0 Å². The van der Waals surface area contributed by atoms with Crippen LogP contribution in [0.4, 0.5) is 13.2 Å². The Labute approximate surface area is 101 Å². The molecule has 0 saturated carbocycles. The maximum atomic E-state index is 12.4. The lowest BCUT2D eigenvalue weighted by atomic mass is 10.1. The fraction of sp³-hybridized carbons (Fsp3) is 0.167. The zero-order chi connectivity index (χ0) is 12.6. The lowest BCUT2D eigenvalue weighted by molar-refractivity contribution is -0.137. The van der Waals surface area contributed by atoms with Crippen molar-refractivity contribution in [1.82, 2.24) is 0 Å². The molecule has 0 saturated heterocycles. The minimum absolute atomic E-state index is 0.0224. The van der Waals surface area contributed by atoms with Gasteiger partial charge in [0, 0.05) is 5.56 Å². The number of benzene rings is 1. The highest BCUT2D eigenvalue weighted by Crippen LogP contribution is 2.35. The zero-order valence-electron chi connectivity index (χ0n) is 8.81. The van der Waals surface area contributed by atoms with Crippen molar-refractivity contribution in [3.05, 3.63) is 46.7 Å². The Morgan fingerprint density at radius 3 is 2.29 bits per heavy atom. The van der Waals surface area contributed by atoms with Crippen molar-refractivity contribution in [1.29, 1.82) is 0 Å². The lowest BCUT2D eigenvalue weighted by Crippen LogP contribution is -2.04. The van der Waals surface area contributed by atoms with Crippen molar-refractivity contribution in [2.24, 2.45) is 0 Å². The van der Waals surface area contributed by atoms with Gasteiger partial charge in [0.1, 0.15) is 11.5 Å². The minimum atomic E-state index is -4.39. The molecule has 0 aliphatic carbocycles. The van der Waals surface area contributed by atoms with Crippen LogP contribution < -0.4 is 0 Å². The molecule has 5 heteroatoms. The molecule has 0 atom stereocenters. The average molecular weight is 261 g/mol. The van der Waals surface area contributed by atoms with Crippen LogP contribution in [0.15, 0.2) is 34.7 Å². The van der Waals surface area contributed by atoms with Gasteiger partial charge in [0.05, 0.1) is 10.6 Å². The largest absolute Gasteiger partial charge is 0.461 e. The molecule has 0 fully saturated rings. The fourth-order valence-corrected chi connectivity index (χ4v) is 1.74. The molecule has 0 amide bonds. The quantitative estimate of drug-likeness (QED) is 0.709. The second kappa shape index (κ2) is 4.11. The average Bonchev–Trinajstić information content (AvgIpc) is 2.63. The predicted molar refractivity (Wildman–Crippen MR) is 58.9 cm³/mol. The van der Waals surface area contributed by atoms with Gasteiger partial charge in [-0.25, -0.2) is 0 Å². The number of hydrogen-bond donors (Lipinski definition) is 0. The number of alkyl halides is 3. The molecule has 0 bridgehead atoms. The minimum Gasteiger partial charge on any atom is -0.461 e. The topological polar surface area (TPSA) is 13.1 Å². The van der Waals surface area contributed by atoms with Gasteiger partial charge >= 0.3 is 6.18 Å². The Balaban J connectivity index is 2.45. The summed E-state index contributed by atoms with van der Waals surface area (Å²) < 4.78 is 42.6. The van der Waals surface area contributed by atoms with Gasteiger partial charge < -0.3 is 4.42 Å². The van der Waals surface area contributed by atoms with Crippen LogP contribution >= 0.6 is 11.6 Å². The third kappa shape index (κ3) is 2.47. The van der Waals surface area contributed by atoms with Gasteiger partial charge in [0.2, 0.25) is 0 Å². The van der Waals surface area contributed by atoms with Crippen LogP contribution in [0.1, 0.15) is 11.3 Å². The maximum absolute atomic E-state index is 12.4. The van der Waals surface area contributed by atoms with E-state index >= 15 is 0 Å². The second-order valence-corrected chi connectivity index (χ2v) is 4.01. The summed E-state index contributed by atoms with van der Waals surface area (Å²) in [5, 5.41) is 0.0224. The molecule has 0 aliphatic rings. The van der Waals surface area contributed by atoms with Crippen LogP contribution in [-0.2, 0) is 6.18 Å². The second-order valence-electron chi connectivity index (χ2n) is 3.60. The van der Waals surface area contributed by atoms with E-state index in [-0.39, 0.29) is 5.02 Å². The first-order valence-corrected chi connectivity index (χ1v) is 5.19. The standard InChI is InChI=1S/C12H8ClF3O/c1-7-2-5-11(17-7)9-4-3-8(6-10(9)13)12(14,15)16/h2-6H,1H3. The molecule has 0 unspecified atom stereocenters. The molecule has 1 nitrogen and oxygen atoms in total. The van der Waals surface area contributed by atoms with E-state index in [1.807, 2.05) is 0 Å². The third-order valence-corrected chi connectivity index (χ3v) is 2.61. The van der Waals surface area contributed by atoms with Gasteiger partial charge in [0.25, 0.3) is 0 Å². The predicted octanol–water partition coefficient (Wildman–Crippen LogP) is 4.93. The van der Waals surface area contributed by atoms with E-state index in [0.717, 1.165) is 12.1 Å². The van der Waals surface area contributed by atoms with Crippen LogP contribution in [-0.4, -0.2) is 0 Å². The first-order chi connectivity index (χ1) is 7.88. The Hall–Kier alpha value is -1.42. The first-order valence-electron chi connectivity index (χ1n) is 4.81. The Kier molecular flexibility index (Phi) is 2.91. The zero-order valence-corrected chi connectivity index (χ0v) is 9.56. The molecular weight excluding hydrogens is 253 g/mol. The summed E-state index contributed by atoms with van der Waals surface area (Å²) in [6.07, 6.45) is -4.39. The van der Waals surface area contributed by atoms with Crippen molar-refractivity contribution in [3.63, 3.8) is 0 Å². The first kappa shape index (κ1) is 12.0. The van der Waals surface area contributed by atoms with Gasteiger partial charge in [-0.05, 0) is 37.3 Å². The lowest BCUT2D eigenvalue weighted by Gasteiger charge is -2.08. The van der Waals surface area contributed by atoms with Crippen molar-refractivity contribution in [2.75, 3.05) is 0 Å². The SMILES string of the molecule is Cc1ccc(-c2ccc(C(F)(F)F)cc2Cl)o1. The number of aryl methyl sites for hydroxylation is 1. The highest BCUT2D eigenvalue weighted by molar-refractivity contribution is 6.33. The summed E-state index contributed by atoms with van der Waals surface area (Å²) in [6, 6.07) is 6.59. The van der Waals surface area contributed by atoms with E-state index in [1.54, 1.807) is 19.1 Å². The molecule has 0 radical (unpaired) electrons. The van der Waals surface area contributed by atoms with E-state index in [9.17, 15) is 13.2 Å². The molecule has 0 spiro atoms. The van der Waals surface area contributed by atoms with Crippen molar-refractivity contribution < 1.29 is 17.6 Å². The molecule has 2 aromatic rings. The highest BCUT2D eigenvalue weighted by Gasteiger charge is 2.31. The molecule has 2 rings (SSSR count). The van der Waals surface area contributed by atoms with Crippen molar-refractivity contribution in [2.45, 2.75) is 13.1 Å². The normalized spacial score (nSPS) is 11.8. The van der Waals surface area contributed by atoms with E-state index < -0.39 is 11.7 Å². The van der Waals surface area contributed by atoms with E-state index in [1.165, 1.54) is 6.07 Å². The van der Waals surface area contributed by atoms with Crippen LogP contribution in [0.2, 0.25) is 5.02 Å². The number of hydrogen-bond acceptors (Lipinski definition) is 1. The summed E-state index contributed by atoms with van der Waals surface area (Å²) in [4.78, 5) is 0. The summed E-state index contributed by atoms with van der Waals surface area (Å²) in [5.74, 6) is 1.14. The molecule has 1 heterocycles. The summed E-state index contributed by atoms with van der Waals surface area (Å²) in [7, 11) is 0. The summed E-state index contributed by atoms with van der Waals surface area (Å²) in [6.45, 7) is 1.75. The molecular formula is C12H8ClF3O. The van der Waals surface area contributed by atoms with Gasteiger partial charge in [-0.2, -0.15) is 13.2 Å². The monoisotopic (exact) mass is 260 g/mol. The molecule has 1 aromatic carbocycles. The van der Waals surface area contributed by atoms with Crippen LogP contribution in [0.25, 0.3) is 11.3 Å². The van der Waals surface area contributed by atoms with Gasteiger partial charge in [-0.1, -0.05) is 11.6 Å². The van der Waals surface area contributed by atoms with E-state index in [2.05, 4.69) is 0 Å². The molecule has 90 valence electrons. The van der Waals surface area contributed by atoms with Crippen LogP contribution in [0, 0.1) is 6.92 Å². The smallest absolute Gasteiger partial charge is 0.416 e. The molecule has 0 aliphatic heterocycles. The Morgan fingerprint density at radius 1 is 1.12 bits per heavy atom. The summed E-state index contributed by atoms with van der Waals surface area (Å²) >= 11 is 5.82. The van der Waals surface area contributed by atoms with Gasteiger partial charge in [-0.15, -0.1) is 0 Å². The highest BCUT2D eigenvalue weighted by atomic mass is 35.5. The van der Waals surface area contributed by atoms with E-state index in [4.69, 9.17) is 16.0 Å². The van der Waals surface area contributed by atoms with Gasteiger partial charge in [0.15, 0.2) is 0 Å². The van der Waals surface area contributed by atoms with Crippen LogP contribution in [0.5, 0.6) is 0 Å². The fourth-order valence-electron chi connectivity index (χ4n) is 1.47. The van der Waals surface area contributed by atoms with Crippen LogP contribution in [0.3, 0.4) is 0 Å². The van der Waals surface area contributed by atoms with E-state index in [0.29, 0.717) is 17.1 Å². The number of halogens is 4. The van der Waals surface area contributed by atoms with Crippen molar-refractivity contribution >= 4 is 11.6 Å². The maximum Gasteiger partial charge on any atom is 0.416 e. The number of rotatable bonds is 1. The number of furan rings is 1.